The van der Waals surface area contributed by atoms with Crippen molar-refractivity contribution in [2.75, 3.05) is 32.7 Å². The molecule has 2 rings (SSSR count). The van der Waals surface area contributed by atoms with Crippen molar-refractivity contribution in [1.82, 2.24) is 9.21 Å². The molecule has 0 atom stereocenters. The standard InChI is InChI=1S/C16H25ClN2O2S.ClH/c1-3-14(4-2)13-18-9-11-19(12-10-18)22(20,21)16-8-6-5-7-15(16)17;/h5-8,14H,3-4,9-13H2,1-2H3;1H. The molecule has 4 nitrogen and oxygen atoms in total. The van der Waals surface area contributed by atoms with E-state index in [1.807, 2.05) is 0 Å². The molecule has 0 spiro atoms. The Balaban J connectivity index is 0.00000264. The second-order valence-corrected chi connectivity index (χ2v) is 8.13. The predicted octanol–water partition coefficient (Wildman–Crippen LogP) is 3.50. The monoisotopic (exact) mass is 380 g/mol. The van der Waals surface area contributed by atoms with E-state index in [1.54, 1.807) is 28.6 Å². The van der Waals surface area contributed by atoms with Crippen LogP contribution < -0.4 is 0 Å². The number of sulfonamides is 1. The normalized spacial score (nSPS) is 17.2. The summed E-state index contributed by atoms with van der Waals surface area (Å²) in [5, 5.41) is 0.293. The molecule has 0 aliphatic carbocycles. The minimum absolute atomic E-state index is 0. The van der Waals surface area contributed by atoms with Crippen molar-refractivity contribution in [2.24, 2.45) is 5.92 Å². The number of hydrogen-bond acceptors (Lipinski definition) is 3. The van der Waals surface area contributed by atoms with Crippen molar-refractivity contribution >= 4 is 34.0 Å². The van der Waals surface area contributed by atoms with Crippen LogP contribution in [-0.2, 0) is 10.0 Å². The minimum atomic E-state index is -3.48. The molecule has 0 radical (unpaired) electrons. The summed E-state index contributed by atoms with van der Waals surface area (Å²) in [6.45, 7) is 8.15. The molecule has 0 amide bonds. The van der Waals surface area contributed by atoms with Crippen LogP contribution in [0, 0.1) is 5.92 Å². The van der Waals surface area contributed by atoms with Gasteiger partial charge in [0.1, 0.15) is 4.90 Å². The van der Waals surface area contributed by atoms with Crippen LogP contribution in [-0.4, -0.2) is 50.3 Å². The van der Waals surface area contributed by atoms with Gasteiger partial charge in [0.05, 0.1) is 5.02 Å². The molecule has 7 heteroatoms. The third-order valence-corrected chi connectivity index (χ3v) is 6.86. The third-order valence-electron chi connectivity index (χ3n) is 4.46. The number of rotatable bonds is 6. The summed E-state index contributed by atoms with van der Waals surface area (Å²) in [4.78, 5) is 2.58. The maximum atomic E-state index is 12.7. The maximum Gasteiger partial charge on any atom is 0.244 e. The quantitative estimate of drug-likeness (QED) is 0.757. The molecule has 1 saturated heterocycles. The highest BCUT2D eigenvalue weighted by molar-refractivity contribution is 7.89. The molecule has 1 aliphatic rings. The molecule has 1 fully saturated rings. The number of nitrogens with zero attached hydrogens (tertiary/aromatic N) is 2. The van der Waals surface area contributed by atoms with E-state index in [-0.39, 0.29) is 17.3 Å². The molecule has 0 bridgehead atoms. The smallest absolute Gasteiger partial charge is 0.244 e. The molecule has 1 heterocycles. The first-order valence-corrected chi connectivity index (χ1v) is 9.77. The fourth-order valence-electron chi connectivity index (χ4n) is 2.86. The molecule has 1 aromatic rings. The van der Waals surface area contributed by atoms with E-state index in [0.717, 1.165) is 19.6 Å². The molecular formula is C16H26Cl2N2O2S. The van der Waals surface area contributed by atoms with Crippen LogP contribution >= 0.6 is 24.0 Å². The zero-order valence-electron chi connectivity index (χ0n) is 13.7. The average molecular weight is 381 g/mol. The zero-order chi connectivity index (χ0) is 16.2. The Morgan fingerprint density at radius 2 is 1.65 bits per heavy atom. The van der Waals surface area contributed by atoms with E-state index in [0.29, 0.717) is 24.0 Å². The Morgan fingerprint density at radius 3 is 2.17 bits per heavy atom. The molecule has 1 aromatic carbocycles. The van der Waals surface area contributed by atoms with E-state index in [4.69, 9.17) is 11.6 Å². The first-order valence-electron chi connectivity index (χ1n) is 7.96. The Morgan fingerprint density at radius 1 is 1.09 bits per heavy atom. The number of hydrogen-bond donors (Lipinski definition) is 0. The molecular weight excluding hydrogens is 355 g/mol. The summed E-state index contributed by atoms with van der Waals surface area (Å²) in [6, 6.07) is 6.66. The summed E-state index contributed by atoms with van der Waals surface area (Å²) in [5.41, 5.74) is 0. The zero-order valence-corrected chi connectivity index (χ0v) is 16.1. The van der Waals surface area contributed by atoms with Crippen LogP contribution in [0.15, 0.2) is 29.2 Å². The van der Waals surface area contributed by atoms with Gasteiger partial charge in [0.25, 0.3) is 0 Å². The predicted molar refractivity (Wildman–Crippen MR) is 98.0 cm³/mol. The molecule has 132 valence electrons. The fraction of sp³-hybridized carbons (Fsp3) is 0.625. The first kappa shape index (κ1) is 20.7. The van der Waals surface area contributed by atoms with Gasteiger partial charge in [-0.05, 0) is 18.1 Å². The van der Waals surface area contributed by atoms with Crippen LogP contribution in [0.2, 0.25) is 5.02 Å². The highest BCUT2D eigenvalue weighted by Crippen LogP contribution is 2.25. The van der Waals surface area contributed by atoms with Gasteiger partial charge in [-0.15, -0.1) is 12.4 Å². The Kier molecular flexibility index (Phi) is 8.31. The molecule has 1 aliphatic heterocycles. The highest BCUT2D eigenvalue weighted by Gasteiger charge is 2.30. The second kappa shape index (κ2) is 9.23. The number of benzene rings is 1. The van der Waals surface area contributed by atoms with Crippen molar-refractivity contribution in [2.45, 2.75) is 31.6 Å². The highest BCUT2D eigenvalue weighted by atomic mass is 35.5. The van der Waals surface area contributed by atoms with Gasteiger partial charge in [-0.2, -0.15) is 4.31 Å². The van der Waals surface area contributed by atoms with Crippen LogP contribution in [0.25, 0.3) is 0 Å². The van der Waals surface area contributed by atoms with Crippen molar-refractivity contribution in [3.63, 3.8) is 0 Å². The Labute approximate surface area is 151 Å². The van der Waals surface area contributed by atoms with Crippen LogP contribution in [0.1, 0.15) is 26.7 Å². The van der Waals surface area contributed by atoms with Gasteiger partial charge in [0, 0.05) is 32.7 Å². The van der Waals surface area contributed by atoms with Gasteiger partial charge in [-0.3, -0.25) is 0 Å². The molecule has 0 saturated carbocycles. The van der Waals surface area contributed by atoms with Crippen LogP contribution in [0.4, 0.5) is 0 Å². The van der Waals surface area contributed by atoms with Crippen LogP contribution in [0.5, 0.6) is 0 Å². The van der Waals surface area contributed by atoms with Crippen molar-refractivity contribution in [1.29, 1.82) is 0 Å². The Hall–Kier alpha value is -0.330. The number of piperazine rings is 1. The lowest BCUT2D eigenvalue weighted by Gasteiger charge is -2.35. The van der Waals surface area contributed by atoms with E-state index >= 15 is 0 Å². The summed E-state index contributed by atoms with van der Waals surface area (Å²) in [7, 11) is -3.48. The SMILES string of the molecule is CCC(CC)CN1CCN(S(=O)(=O)c2ccccc2Cl)CC1.Cl. The van der Waals surface area contributed by atoms with Crippen molar-refractivity contribution in [3.05, 3.63) is 29.3 Å². The second-order valence-electron chi connectivity index (χ2n) is 5.82. The lowest BCUT2D eigenvalue weighted by molar-refractivity contribution is 0.161. The van der Waals surface area contributed by atoms with Gasteiger partial charge in [0.2, 0.25) is 10.0 Å². The van der Waals surface area contributed by atoms with E-state index in [9.17, 15) is 8.42 Å². The molecule has 23 heavy (non-hydrogen) atoms. The van der Waals surface area contributed by atoms with Crippen molar-refractivity contribution in [3.8, 4) is 0 Å². The van der Waals surface area contributed by atoms with Gasteiger partial charge in [-0.1, -0.05) is 50.4 Å². The largest absolute Gasteiger partial charge is 0.300 e. The van der Waals surface area contributed by atoms with E-state index < -0.39 is 10.0 Å². The summed E-state index contributed by atoms with van der Waals surface area (Å²) in [6.07, 6.45) is 2.35. The summed E-state index contributed by atoms with van der Waals surface area (Å²) >= 11 is 6.05. The summed E-state index contributed by atoms with van der Waals surface area (Å²) in [5.74, 6) is 0.701. The van der Waals surface area contributed by atoms with E-state index in [2.05, 4.69) is 18.7 Å². The van der Waals surface area contributed by atoms with Gasteiger partial charge < -0.3 is 4.90 Å². The van der Waals surface area contributed by atoms with Crippen molar-refractivity contribution < 1.29 is 8.42 Å². The third kappa shape index (κ3) is 5.07. The molecule has 0 aromatic heterocycles. The fourth-order valence-corrected chi connectivity index (χ4v) is 4.77. The maximum absolute atomic E-state index is 12.7. The first-order chi connectivity index (χ1) is 10.5. The Bertz CT molecular complexity index is 583. The lowest BCUT2D eigenvalue weighted by Crippen LogP contribution is -2.49. The van der Waals surface area contributed by atoms with Gasteiger partial charge in [0.15, 0.2) is 0 Å². The molecule has 0 unspecified atom stereocenters. The topological polar surface area (TPSA) is 40.6 Å². The van der Waals surface area contributed by atoms with Gasteiger partial charge >= 0.3 is 0 Å². The number of halogens is 2. The average Bonchev–Trinajstić information content (AvgIpc) is 2.53. The van der Waals surface area contributed by atoms with E-state index in [1.165, 1.54) is 12.8 Å². The summed E-state index contributed by atoms with van der Waals surface area (Å²) < 4.78 is 26.9. The molecule has 0 N–H and O–H groups in total. The lowest BCUT2D eigenvalue weighted by atomic mass is 10.0. The van der Waals surface area contributed by atoms with Crippen LogP contribution in [0.3, 0.4) is 0 Å². The minimum Gasteiger partial charge on any atom is -0.300 e. The van der Waals surface area contributed by atoms with Gasteiger partial charge in [-0.25, -0.2) is 8.42 Å².